The van der Waals surface area contributed by atoms with E-state index in [0.29, 0.717) is 77.2 Å². The minimum Gasteiger partial charge on any atom is -0.507 e. The summed E-state index contributed by atoms with van der Waals surface area (Å²) in [6.07, 6.45) is 1.80. The first-order valence-electron chi connectivity index (χ1n) is 15.6. The third-order valence-electron chi connectivity index (χ3n) is 7.80. The van der Waals surface area contributed by atoms with E-state index in [0.717, 1.165) is 11.1 Å². The predicted molar refractivity (Wildman–Crippen MR) is 183 cm³/mol. The van der Waals surface area contributed by atoms with Gasteiger partial charge in [-0.2, -0.15) is 0 Å². The van der Waals surface area contributed by atoms with Crippen LogP contribution < -0.4 is 20.3 Å². The van der Waals surface area contributed by atoms with E-state index in [-0.39, 0.29) is 28.6 Å². The van der Waals surface area contributed by atoms with Crippen LogP contribution in [0.5, 0.6) is 17.2 Å². The lowest BCUT2D eigenvalue weighted by atomic mass is 10.1. The van der Waals surface area contributed by atoms with Crippen LogP contribution in [0.4, 0.5) is 0 Å². The first-order chi connectivity index (χ1) is 23.9. The largest absolute Gasteiger partial charge is 0.507 e. The average molecular weight is 658 g/mol. The topological polar surface area (TPSA) is 139 Å². The van der Waals surface area contributed by atoms with Crippen molar-refractivity contribution in [2.45, 2.75) is 20.1 Å². The Morgan fingerprint density at radius 2 is 1.41 bits per heavy atom. The highest BCUT2D eigenvalue weighted by molar-refractivity contribution is 5.85. The molecule has 0 bridgehead atoms. The van der Waals surface area contributed by atoms with Gasteiger partial charge in [-0.3, -0.25) is 9.59 Å². The predicted octanol–water partition coefficient (Wildman–Crippen LogP) is 6.51. The molecule has 1 N–H and O–H groups in total. The Balaban J connectivity index is 0.838. The highest BCUT2D eigenvalue weighted by atomic mass is 16.5. The van der Waals surface area contributed by atoms with Crippen LogP contribution in [-0.4, -0.2) is 39.9 Å². The molecule has 0 aliphatic rings. The number of phenols is 1. The Labute approximate surface area is 279 Å². The maximum Gasteiger partial charge on any atom is 0.197 e. The molecule has 0 saturated heterocycles. The van der Waals surface area contributed by atoms with Crippen LogP contribution in [0, 0.1) is 6.92 Å². The average Bonchev–Trinajstić information content (AvgIpc) is 3.56. The fraction of sp³-hybridized carbons (Fsp3) is 0.158. The van der Waals surface area contributed by atoms with Crippen molar-refractivity contribution in [1.29, 1.82) is 0 Å². The van der Waals surface area contributed by atoms with E-state index in [1.54, 1.807) is 53.3 Å². The van der Waals surface area contributed by atoms with E-state index >= 15 is 0 Å². The van der Waals surface area contributed by atoms with E-state index in [4.69, 9.17) is 23.0 Å². The van der Waals surface area contributed by atoms with Crippen molar-refractivity contribution in [2.75, 3.05) is 19.8 Å². The van der Waals surface area contributed by atoms with Crippen molar-refractivity contribution < 1.29 is 28.2 Å². The van der Waals surface area contributed by atoms with E-state index < -0.39 is 0 Å². The van der Waals surface area contributed by atoms with Gasteiger partial charge in [0, 0.05) is 23.3 Å². The van der Waals surface area contributed by atoms with Gasteiger partial charge in [0.2, 0.25) is 0 Å². The quantitative estimate of drug-likeness (QED) is 0.145. The summed E-state index contributed by atoms with van der Waals surface area (Å²) in [5, 5.41) is 19.2. The number of benzene rings is 4. The normalized spacial score (nSPS) is 11.3. The van der Waals surface area contributed by atoms with E-state index in [1.165, 1.54) is 18.2 Å². The van der Waals surface area contributed by atoms with Crippen molar-refractivity contribution in [3.8, 4) is 39.9 Å². The number of ether oxygens (including phenoxy) is 3. The number of fused-ring (bicyclic) bond motifs is 2. The zero-order chi connectivity index (χ0) is 33.7. The molecule has 3 heterocycles. The third kappa shape index (κ3) is 7.21. The van der Waals surface area contributed by atoms with Crippen LogP contribution >= 0.6 is 0 Å². The molecule has 49 heavy (non-hydrogen) atoms. The molecule has 7 aromatic rings. The molecule has 0 amide bonds. The number of rotatable bonds is 12. The van der Waals surface area contributed by atoms with Gasteiger partial charge in [-0.15, -0.1) is 5.10 Å². The maximum absolute atomic E-state index is 12.6. The van der Waals surface area contributed by atoms with Crippen LogP contribution in [0.1, 0.15) is 11.3 Å². The van der Waals surface area contributed by atoms with E-state index in [9.17, 15) is 14.7 Å². The minimum absolute atomic E-state index is 0.0808. The van der Waals surface area contributed by atoms with Crippen molar-refractivity contribution in [3.63, 3.8) is 0 Å². The molecule has 0 unspecified atom stereocenters. The molecule has 0 aliphatic heterocycles. The highest BCUT2D eigenvalue weighted by Crippen LogP contribution is 2.29. The molecule has 0 fully saturated rings. The van der Waals surface area contributed by atoms with Crippen LogP contribution in [0.2, 0.25) is 0 Å². The number of aryl methyl sites for hydroxylation is 1. The van der Waals surface area contributed by atoms with E-state index in [2.05, 4.69) is 10.3 Å². The number of para-hydroxylation sites is 1. The standard InChI is InChI=1S/C38H31N3O8/c1-24-18-32(43)38-33(44)21-36(49-37(38)19-24)26-8-12-29(13-9-26)47-23-27-22-41(40-39-27)14-15-45-16-17-46-28-10-6-25(7-11-28)35-20-31(42)30-4-2-3-5-34(30)48-35/h2-13,18-22,43H,14-17,23H2,1H3. The molecule has 3 aromatic heterocycles. The van der Waals surface area contributed by atoms with Gasteiger partial charge in [-0.05, 0) is 85.3 Å². The number of phenolic OH excluding ortho intramolecular Hbond substituents is 1. The smallest absolute Gasteiger partial charge is 0.197 e. The summed E-state index contributed by atoms with van der Waals surface area (Å²) < 4.78 is 30.9. The molecule has 0 radical (unpaired) electrons. The lowest BCUT2D eigenvalue weighted by Gasteiger charge is -2.08. The van der Waals surface area contributed by atoms with Gasteiger partial charge >= 0.3 is 0 Å². The van der Waals surface area contributed by atoms with Crippen LogP contribution in [0.3, 0.4) is 0 Å². The Hall–Kier alpha value is -6.20. The molecular formula is C38H31N3O8. The molecule has 0 saturated carbocycles. The second-order valence-electron chi connectivity index (χ2n) is 11.4. The molecule has 7 rings (SSSR count). The Bertz CT molecular complexity index is 2360. The molecular weight excluding hydrogens is 626 g/mol. The number of hydrogen-bond donors (Lipinski definition) is 1. The molecule has 4 aromatic carbocycles. The Morgan fingerprint density at radius 1 is 0.735 bits per heavy atom. The van der Waals surface area contributed by atoms with Gasteiger partial charge in [-0.1, -0.05) is 17.3 Å². The van der Waals surface area contributed by atoms with Crippen molar-refractivity contribution in [3.05, 3.63) is 135 Å². The molecule has 246 valence electrons. The summed E-state index contributed by atoms with van der Waals surface area (Å²) in [6.45, 7) is 3.76. The van der Waals surface area contributed by atoms with Gasteiger partial charge in [0.25, 0.3) is 0 Å². The second kappa shape index (κ2) is 13.9. The van der Waals surface area contributed by atoms with Gasteiger partial charge in [0.05, 0.1) is 31.3 Å². The zero-order valence-corrected chi connectivity index (χ0v) is 26.5. The SMILES string of the molecule is Cc1cc(O)c2c(=O)cc(-c3ccc(OCc4cn(CCOCCOc5ccc(-c6cc(=O)c7ccccc7o6)cc5)nn4)cc3)oc2c1. The van der Waals surface area contributed by atoms with Crippen molar-refractivity contribution in [2.24, 2.45) is 0 Å². The summed E-state index contributed by atoms with van der Waals surface area (Å²) >= 11 is 0. The van der Waals surface area contributed by atoms with Gasteiger partial charge in [-0.25, -0.2) is 4.68 Å². The van der Waals surface area contributed by atoms with Gasteiger partial charge in [0.15, 0.2) is 10.9 Å². The van der Waals surface area contributed by atoms with Crippen LogP contribution in [0.15, 0.2) is 122 Å². The Kier molecular flexibility index (Phi) is 8.90. The molecule has 0 aliphatic carbocycles. The summed E-state index contributed by atoms with van der Waals surface area (Å²) in [5.41, 5.74) is 3.44. The minimum atomic E-state index is -0.311. The number of hydrogen-bond acceptors (Lipinski definition) is 10. The summed E-state index contributed by atoms with van der Waals surface area (Å²) in [5.74, 6) is 2.11. The van der Waals surface area contributed by atoms with Crippen molar-refractivity contribution in [1.82, 2.24) is 15.0 Å². The molecule has 11 heteroatoms. The first-order valence-corrected chi connectivity index (χ1v) is 15.6. The molecule has 0 atom stereocenters. The molecule has 11 nitrogen and oxygen atoms in total. The lowest BCUT2D eigenvalue weighted by molar-refractivity contribution is 0.0923. The summed E-state index contributed by atoms with van der Waals surface area (Å²) in [6, 6.07) is 27.9. The maximum atomic E-state index is 12.6. The summed E-state index contributed by atoms with van der Waals surface area (Å²) in [4.78, 5) is 25.0. The third-order valence-corrected chi connectivity index (χ3v) is 7.80. The Morgan fingerprint density at radius 3 is 2.16 bits per heavy atom. The monoisotopic (exact) mass is 657 g/mol. The van der Waals surface area contributed by atoms with Gasteiger partial charge in [0.1, 0.15) is 64.2 Å². The fourth-order valence-corrected chi connectivity index (χ4v) is 5.37. The van der Waals surface area contributed by atoms with E-state index in [1.807, 2.05) is 43.3 Å². The van der Waals surface area contributed by atoms with Crippen molar-refractivity contribution >= 4 is 21.9 Å². The molecule has 0 spiro atoms. The number of nitrogens with zero attached hydrogens (tertiary/aromatic N) is 3. The fourth-order valence-electron chi connectivity index (χ4n) is 5.37. The number of aromatic hydroxyl groups is 1. The first kappa shape index (κ1) is 31.4. The number of aromatic nitrogens is 3. The summed E-state index contributed by atoms with van der Waals surface area (Å²) in [7, 11) is 0. The van der Waals surface area contributed by atoms with Crippen LogP contribution in [-0.2, 0) is 17.9 Å². The van der Waals surface area contributed by atoms with Crippen LogP contribution in [0.25, 0.3) is 44.6 Å². The van der Waals surface area contributed by atoms with Gasteiger partial charge < -0.3 is 28.2 Å². The zero-order valence-electron chi connectivity index (χ0n) is 26.5. The second-order valence-corrected chi connectivity index (χ2v) is 11.4. The highest BCUT2D eigenvalue weighted by Gasteiger charge is 2.12. The lowest BCUT2D eigenvalue weighted by Crippen LogP contribution is -2.11.